The molecule has 0 aliphatic heterocycles. The Bertz CT molecular complexity index is 968. The molecule has 1 amide bonds. The Hall–Kier alpha value is -1.92. The van der Waals surface area contributed by atoms with Gasteiger partial charge in [0.15, 0.2) is 0 Å². The van der Waals surface area contributed by atoms with E-state index in [0.717, 1.165) is 34.2 Å². The highest BCUT2D eigenvalue weighted by atomic mass is 32.2. The third-order valence-electron chi connectivity index (χ3n) is 4.75. The van der Waals surface area contributed by atoms with Crippen LogP contribution in [-0.2, 0) is 17.6 Å². The number of rotatable bonds is 4. The molecule has 1 unspecified atom stereocenters. The fraction of sp³-hybridized carbons (Fsp3) is 0.350. The van der Waals surface area contributed by atoms with Crippen molar-refractivity contribution in [1.29, 1.82) is 0 Å². The molecule has 6 heteroatoms. The Labute approximate surface area is 161 Å². The van der Waals surface area contributed by atoms with Crippen LogP contribution < -0.4 is 4.90 Å². The van der Waals surface area contributed by atoms with Crippen LogP contribution in [0, 0.1) is 6.92 Å². The third kappa shape index (κ3) is 3.12. The normalized spacial score (nSPS) is 14.4. The summed E-state index contributed by atoms with van der Waals surface area (Å²) < 4.78 is 0. The first-order valence-corrected chi connectivity index (χ1v) is 10.5. The molecule has 26 heavy (non-hydrogen) atoms. The van der Waals surface area contributed by atoms with Gasteiger partial charge in [-0.2, -0.15) is 0 Å². The summed E-state index contributed by atoms with van der Waals surface area (Å²) in [6.45, 7) is 3.89. The summed E-state index contributed by atoms with van der Waals surface area (Å²) in [6.07, 6.45) is 3.45. The maximum atomic E-state index is 12.9. The maximum Gasteiger partial charge on any atom is 0.239 e. The zero-order valence-corrected chi connectivity index (χ0v) is 16.8. The minimum absolute atomic E-state index is 0.0810. The molecule has 1 aliphatic carbocycles. The smallest absolute Gasteiger partial charge is 0.239 e. The minimum Gasteiger partial charge on any atom is -0.315 e. The Balaban J connectivity index is 1.63. The number of para-hydroxylation sites is 1. The topological polar surface area (TPSA) is 46.1 Å². The highest BCUT2D eigenvalue weighted by Crippen LogP contribution is 2.41. The molecular formula is C20H21N3OS2. The van der Waals surface area contributed by atoms with Crippen molar-refractivity contribution in [2.75, 3.05) is 11.9 Å². The number of aryl methyl sites for hydroxylation is 3. The van der Waals surface area contributed by atoms with Gasteiger partial charge in [-0.3, -0.25) is 4.79 Å². The Morgan fingerprint density at radius 2 is 2.00 bits per heavy atom. The lowest BCUT2D eigenvalue weighted by molar-refractivity contribution is -0.117. The average molecular weight is 384 g/mol. The number of hydrogen-bond donors (Lipinski definition) is 0. The molecule has 1 aliphatic rings. The van der Waals surface area contributed by atoms with Crippen molar-refractivity contribution in [3.63, 3.8) is 0 Å². The summed E-state index contributed by atoms with van der Waals surface area (Å²) in [5, 5.41) is 1.92. The fourth-order valence-corrected chi connectivity index (χ4v) is 5.91. The standard InChI is InChI=1S/C20H21N3OS2/c1-12(20(24)23(3)14-8-5-4-6-9-14)25-18-17-15-10-7-11-16(15)26-19(17)22-13(2)21-18/h4-6,8-9,12H,7,10-11H2,1-3H3. The minimum atomic E-state index is -0.213. The Morgan fingerprint density at radius 1 is 1.23 bits per heavy atom. The molecule has 0 radical (unpaired) electrons. The number of benzene rings is 1. The van der Waals surface area contributed by atoms with E-state index in [1.165, 1.54) is 22.2 Å². The fourth-order valence-electron chi connectivity index (χ4n) is 3.42. The highest BCUT2D eigenvalue weighted by molar-refractivity contribution is 8.00. The van der Waals surface area contributed by atoms with E-state index in [-0.39, 0.29) is 11.2 Å². The van der Waals surface area contributed by atoms with Gasteiger partial charge in [-0.15, -0.1) is 11.3 Å². The van der Waals surface area contributed by atoms with E-state index in [2.05, 4.69) is 4.98 Å². The summed E-state index contributed by atoms with van der Waals surface area (Å²) in [5.41, 5.74) is 2.31. The summed E-state index contributed by atoms with van der Waals surface area (Å²) in [4.78, 5) is 26.5. The van der Waals surface area contributed by atoms with E-state index in [0.29, 0.717) is 0 Å². The van der Waals surface area contributed by atoms with Crippen molar-refractivity contribution in [3.05, 3.63) is 46.6 Å². The van der Waals surface area contributed by atoms with Crippen LogP contribution in [0.3, 0.4) is 0 Å². The van der Waals surface area contributed by atoms with Crippen LogP contribution in [0.2, 0.25) is 0 Å². The van der Waals surface area contributed by atoms with Crippen LogP contribution in [0.15, 0.2) is 35.4 Å². The van der Waals surface area contributed by atoms with E-state index >= 15 is 0 Å². The zero-order chi connectivity index (χ0) is 18.3. The number of hydrogen-bond acceptors (Lipinski definition) is 5. The number of aromatic nitrogens is 2. The molecule has 0 N–H and O–H groups in total. The number of anilines is 1. The molecule has 0 saturated heterocycles. The van der Waals surface area contributed by atoms with Gasteiger partial charge in [0, 0.05) is 23.0 Å². The zero-order valence-electron chi connectivity index (χ0n) is 15.2. The third-order valence-corrected chi connectivity index (χ3v) is 7.01. The number of carbonyl (C=O) groups excluding carboxylic acids is 1. The summed E-state index contributed by atoms with van der Waals surface area (Å²) in [5.74, 6) is 0.855. The average Bonchev–Trinajstić information content (AvgIpc) is 3.21. The first-order valence-electron chi connectivity index (χ1n) is 8.82. The van der Waals surface area contributed by atoms with Gasteiger partial charge in [0.1, 0.15) is 15.7 Å². The van der Waals surface area contributed by atoms with Crippen molar-refractivity contribution in [3.8, 4) is 0 Å². The SMILES string of the molecule is Cc1nc(SC(C)C(=O)N(C)c2ccccc2)c2c3c(sc2n1)CCC3. The summed E-state index contributed by atoms with van der Waals surface area (Å²) >= 11 is 3.35. The number of thioether (sulfide) groups is 1. The number of amides is 1. The molecule has 0 fully saturated rings. The van der Waals surface area contributed by atoms with Gasteiger partial charge in [0.25, 0.3) is 0 Å². The number of fused-ring (bicyclic) bond motifs is 3. The molecule has 134 valence electrons. The second-order valence-corrected chi connectivity index (χ2v) is 9.02. The first kappa shape index (κ1) is 17.5. The lowest BCUT2D eigenvalue weighted by Crippen LogP contribution is -2.33. The van der Waals surface area contributed by atoms with Crippen molar-refractivity contribution < 1.29 is 4.79 Å². The van der Waals surface area contributed by atoms with Crippen LogP contribution >= 0.6 is 23.1 Å². The monoisotopic (exact) mass is 383 g/mol. The molecule has 2 aromatic heterocycles. The van der Waals surface area contributed by atoms with Gasteiger partial charge < -0.3 is 4.90 Å². The molecule has 1 atom stereocenters. The Kier molecular flexibility index (Phi) is 4.71. The predicted octanol–water partition coefficient (Wildman–Crippen LogP) is 4.63. The van der Waals surface area contributed by atoms with E-state index < -0.39 is 0 Å². The lowest BCUT2D eigenvalue weighted by atomic mass is 10.2. The van der Waals surface area contributed by atoms with Crippen LogP contribution in [0.4, 0.5) is 5.69 Å². The summed E-state index contributed by atoms with van der Waals surface area (Å²) in [7, 11) is 1.83. The van der Waals surface area contributed by atoms with Crippen molar-refractivity contribution in [2.24, 2.45) is 0 Å². The maximum absolute atomic E-state index is 12.9. The molecule has 4 rings (SSSR count). The largest absolute Gasteiger partial charge is 0.315 e. The van der Waals surface area contributed by atoms with Crippen molar-refractivity contribution in [2.45, 2.75) is 43.4 Å². The number of carbonyl (C=O) groups is 1. The molecule has 2 heterocycles. The quantitative estimate of drug-likeness (QED) is 0.487. The van der Waals surface area contributed by atoms with E-state index in [9.17, 15) is 4.79 Å². The van der Waals surface area contributed by atoms with Crippen LogP contribution in [0.5, 0.6) is 0 Å². The molecule has 4 nitrogen and oxygen atoms in total. The second kappa shape index (κ2) is 7.00. The van der Waals surface area contributed by atoms with Crippen molar-refractivity contribution >= 4 is 44.9 Å². The van der Waals surface area contributed by atoms with Crippen LogP contribution in [-0.4, -0.2) is 28.2 Å². The molecule has 3 aromatic rings. The second-order valence-electron chi connectivity index (χ2n) is 6.61. The number of nitrogens with zero attached hydrogens (tertiary/aromatic N) is 3. The van der Waals surface area contributed by atoms with E-state index in [1.54, 1.807) is 28.0 Å². The molecule has 0 saturated carbocycles. The van der Waals surface area contributed by atoms with Gasteiger partial charge in [0.05, 0.1) is 5.25 Å². The lowest BCUT2D eigenvalue weighted by Gasteiger charge is -2.21. The van der Waals surface area contributed by atoms with Crippen LogP contribution in [0.1, 0.15) is 29.6 Å². The van der Waals surface area contributed by atoms with Gasteiger partial charge in [-0.1, -0.05) is 30.0 Å². The van der Waals surface area contributed by atoms with Crippen LogP contribution in [0.25, 0.3) is 10.2 Å². The molecular weight excluding hydrogens is 362 g/mol. The van der Waals surface area contributed by atoms with Gasteiger partial charge in [-0.25, -0.2) is 9.97 Å². The van der Waals surface area contributed by atoms with Gasteiger partial charge >= 0.3 is 0 Å². The summed E-state index contributed by atoms with van der Waals surface area (Å²) in [6, 6.07) is 9.76. The predicted molar refractivity (Wildman–Crippen MR) is 109 cm³/mol. The molecule has 0 spiro atoms. The highest BCUT2D eigenvalue weighted by Gasteiger charge is 2.26. The Morgan fingerprint density at radius 3 is 2.77 bits per heavy atom. The first-order chi connectivity index (χ1) is 12.5. The van der Waals surface area contributed by atoms with Crippen molar-refractivity contribution in [1.82, 2.24) is 9.97 Å². The molecule has 0 bridgehead atoms. The molecule has 1 aromatic carbocycles. The van der Waals surface area contributed by atoms with Gasteiger partial charge in [0.2, 0.25) is 5.91 Å². The van der Waals surface area contributed by atoms with E-state index in [4.69, 9.17) is 4.98 Å². The number of thiophene rings is 1. The van der Waals surface area contributed by atoms with Gasteiger partial charge in [-0.05, 0) is 50.8 Å². The van der Waals surface area contributed by atoms with E-state index in [1.807, 2.05) is 51.2 Å².